The van der Waals surface area contributed by atoms with Crippen molar-refractivity contribution in [1.29, 1.82) is 0 Å². The van der Waals surface area contributed by atoms with Crippen molar-refractivity contribution in [3.63, 3.8) is 0 Å². The fraction of sp³-hybridized carbons (Fsp3) is 1.00. The van der Waals surface area contributed by atoms with Crippen LogP contribution in [0.3, 0.4) is 0 Å². The van der Waals surface area contributed by atoms with Crippen LogP contribution in [0, 0.1) is 5.41 Å². The van der Waals surface area contributed by atoms with Crippen molar-refractivity contribution >= 4 is 0 Å². The minimum absolute atomic E-state index is 0.0777. The fourth-order valence-corrected chi connectivity index (χ4v) is 3.40. The van der Waals surface area contributed by atoms with Gasteiger partial charge in [0, 0.05) is 29.3 Å². The summed E-state index contributed by atoms with van der Waals surface area (Å²) >= 11 is 0. The van der Waals surface area contributed by atoms with Gasteiger partial charge in [0.2, 0.25) is 0 Å². The lowest BCUT2D eigenvalue weighted by Gasteiger charge is -2.58. The zero-order valence-electron chi connectivity index (χ0n) is 13.2. The quantitative estimate of drug-likeness (QED) is 0.795. The van der Waals surface area contributed by atoms with E-state index in [1.165, 1.54) is 5.06 Å². The molecule has 4 nitrogen and oxygen atoms in total. The molecule has 2 aliphatic rings. The van der Waals surface area contributed by atoms with E-state index in [1.54, 1.807) is 0 Å². The Kier molecular flexibility index (Phi) is 3.54. The summed E-state index contributed by atoms with van der Waals surface area (Å²) < 4.78 is 12.3. The van der Waals surface area contributed by atoms with Crippen LogP contribution in [-0.2, 0) is 9.47 Å². The van der Waals surface area contributed by atoms with Crippen LogP contribution in [0.4, 0.5) is 0 Å². The third-order valence-electron chi connectivity index (χ3n) is 4.65. The second kappa shape index (κ2) is 4.42. The van der Waals surface area contributed by atoms with Gasteiger partial charge in [-0.3, -0.25) is 0 Å². The molecule has 2 fully saturated rings. The van der Waals surface area contributed by atoms with Gasteiger partial charge in [-0.05, 0) is 27.2 Å². The van der Waals surface area contributed by atoms with Crippen LogP contribution in [0.5, 0.6) is 0 Å². The summed E-state index contributed by atoms with van der Waals surface area (Å²) in [7, 11) is 0. The maximum absolute atomic E-state index is 10.5. The second-order valence-electron chi connectivity index (χ2n) is 7.98. The number of nitrogens with zero attached hydrogens (tertiary/aromatic N) is 1. The van der Waals surface area contributed by atoms with E-state index in [1.807, 2.05) is 13.8 Å². The molecule has 0 aliphatic carbocycles. The largest absolute Gasteiger partial charge is 0.349 e. The highest BCUT2D eigenvalue weighted by Crippen LogP contribution is 2.48. The highest BCUT2D eigenvalue weighted by atomic mass is 16.7. The number of ether oxygens (including phenoxy) is 2. The Morgan fingerprint density at radius 2 is 1.53 bits per heavy atom. The summed E-state index contributed by atoms with van der Waals surface area (Å²) in [5, 5.41) is 12.0. The predicted molar refractivity (Wildman–Crippen MR) is 74.1 cm³/mol. The molecule has 4 heteroatoms. The maximum Gasteiger partial charge on any atom is 0.172 e. The number of rotatable bonds is 1. The van der Waals surface area contributed by atoms with Gasteiger partial charge in [0.15, 0.2) is 5.79 Å². The topological polar surface area (TPSA) is 41.9 Å². The van der Waals surface area contributed by atoms with Gasteiger partial charge in [0.1, 0.15) is 0 Å². The van der Waals surface area contributed by atoms with Crippen molar-refractivity contribution in [2.75, 3.05) is 13.2 Å². The second-order valence-corrected chi connectivity index (χ2v) is 7.98. The highest BCUT2D eigenvalue weighted by Gasteiger charge is 2.56. The Morgan fingerprint density at radius 3 is 2.00 bits per heavy atom. The molecule has 1 spiro atoms. The normalized spacial score (nSPS) is 37.4. The van der Waals surface area contributed by atoms with Gasteiger partial charge < -0.3 is 14.7 Å². The molecule has 0 radical (unpaired) electrons. The molecule has 2 aliphatic heterocycles. The van der Waals surface area contributed by atoms with E-state index in [-0.39, 0.29) is 16.5 Å². The molecular formula is C15H29NO3. The van der Waals surface area contributed by atoms with E-state index < -0.39 is 5.79 Å². The SMILES string of the molecule is CCC1(C)CC2(CC(C)(C)N1O)OCC(C)(C)CO2. The van der Waals surface area contributed by atoms with E-state index in [0.717, 1.165) is 6.42 Å². The van der Waals surface area contributed by atoms with Crippen LogP contribution in [-0.4, -0.2) is 40.3 Å². The molecular weight excluding hydrogens is 242 g/mol. The van der Waals surface area contributed by atoms with Crippen molar-refractivity contribution in [3.8, 4) is 0 Å². The van der Waals surface area contributed by atoms with E-state index in [9.17, 15) is 5.21 Å². The van der Waals surface area contributed by atoms with Crippen LogP contribution in [0.15, 0.2) is 0 Å². The minimum atomic E-state index is -0.539. The average Bonchev–Trinajstić information content (AvgIpc) is 2.31. The predicted octanol–water partition coefficient (Wildman–Crippen LogP) is 3.19. The molecule has 0 aromatic carbocycles. The first-order valence-electron chi connectivity index (χ1n) is 7.31. The summed E-state index contributed by atoms with van der Waals surface area (Å²) in [6.07, 6.45) is 2.28. The summed E-state index contributed by atoms with van der Waals surface area (Å²) in [6, 6.07) is 0. The smallest absolute Gasteiger partial charge is 0.172 e. The van der Waals surface area contributed by atoms with Crippen LogP contribution in [0.2, 0.25) is 0 Å². The first-order valence-corrected chi connectivity index (χ1v) is 7.31. The molecule has 2 rings (SSSR count). The average molecular weight is 271 g/mol. The van der Waals surface area contributed by atoms with Gasteiger partial charge in [-0.25, -0.2) is 0 Å². The molecule has 0 aromatic heterocycles. The first-order chi connectivity index (χ1) is 8.54. The molecule has 1 unspecified atom stereocenters. The maximum atomic E-state index is 10.5. The zero-order valence-corrected chi connectivity index (χ0v) is 13.2. The standard InChI is InChI=1S/C15H29NO3/c1-7-14(6)9-15(8-13(4,5)16(14)17)18-10-12(2,3)11-19-15/h17H,7-11H2,1-6H3. The highest BCUT2D eigenvalue weighted by molar-refractivity contribution is 5.03. The lowest BCUT2D eigenvalue weighted by Crippen LogP contribution is -2.67. The minimum Gasteiger partial charge on any atom is -0.349 e. The van der Waals surface area contributed by atoms with Gasteiger partial charge in [-0.15, -0.1) is 0 Å². The lowest BCUT2D eigenvalue weighted by atomic mass is 9.75. The number of hydroxylamine groups is 2. The van der Waals surface area contributed by atoms with E-state index >= 15 is 0 Å². The van der Waals surface area contributed by atoms with Gasteiger partial charge in [-0.1, -0.05) is 20.8 Å². The fourth-order valence-electron chi connectivity index (χ4n) is 3.40. The molecule has 0 amide bonds. The third kappa shape index (κ3) is 2.68. The summed E-state index contributed by atoms with van der Waals surface area (Å²) in [5.41, 5.74) is -0.567. The Labute approximate surface area is 117 Å². The number of piperidine rings is 1. The van der Waals surface area contributed by atoms with Gasteiger partial charge >= 0.3 is 0 Å². The van der Waals surface area contributed by atoms with Crippen LogP contribution < -0.4 is 0 Å². The van der Waals surface area contributed by atoms with E-state index in [2.05, 4.69) is 27.7 Å². The van der Waals surface area contributed by atoms with Crippen molar-refractivity contribution < 1.29 is 14.7 Å². The van der Waals surface area contributed by atoms with Crippen LogP contribution >= 0.6 is 0 Å². The van der Waals surface area contributed by atoms with Gasteiger partial charge in [0.05, 0.1) is 13.2 Å². The van der Waals surface area contributed by atoms with Crippen LogP contribution in [0.1, 0.15) is 60.8 Å². The monoisotopic (exact) mass is 271 g/mol. The molecule has 0 bridgehead atoms. The first kappa shape index (κ1) is 15.2. The molecule has 0 aromatic rings. The van der Waals surface area contributed by atoms with E-state index in [4.69, 9.17) is 9.47 Å². The Bertz CT molecular complexity index is 343. The third-order valence-corrected chi connectivity index (χ3v) is 4.65. The molecule has 2 saturated heterocycles. The van der Waals surface area contributed by atoms with Gasteiger partial charge in [0.25, 0.3) is 0 Å². The molecule has 112 valence electrons. The van der Waals surface area contributed by atoms with Crippen molar-refractivity contribution in [2.45, 2.75) is 77.7 Å². The van der Waals surface area contributed by atoms with Crippen molar-refractivity contribution in [2.24, 2.45) is 5.41 Å². The zero-order chi connectivity index (χ0) is 14.5. The molecule has 2 heterocycles. The Hall–Kier alpha value is -0.160. The van der Waals surface area contributed by atoms with Crippen molar-refractivity contribution in [1.82, 2.24) is 5.06 Å². The van der Waals surface area contributed by atoms with Crippen LogP contribution in [0.25, 0.3) is 0 Å². The van der Waals surface area contributed by atoms with Gasteiger partial charge in [-0.2, -0.15) is 5.06 Å². The molecule has 19 heavy (non-hydrogen) atoms. The summed E-state index contributed by atoms with van der Waals surface area (Å²) in [5.74, 6) is -0.539. The molecule has 1 N–H and O–H groups in total. The Morgan fingerprint density at radius 1 is 1.00 bits per heavy atom. The number of hydrogen-bond acceptors (Lipinski definition) is 4. The van der Waals surface area contributed by atoms with Crippen molar-refractivity contribution in [3.05, 3.63) is 0 Å². The Balaban J connectivity index is 2.24. The molecule has 0 saturated carbocycles. The lowest BCUT2D eigenvalue weighted by molar-refractivity contribution is -0.373. The number of hydrogen-bond donors (Lipinski definition) is 1. The molecule has 1 atom stereocenters. The summed E-state index contributed by atoms with van der Waals surface area (Å²) in [4.78, 5) is 0. The summed E-state index contributed by atoms with van der Waals surface area (Å²) in [6.45, 7) is 14.0. The van der Waals surface area contributed by atoms with E-state index in [0.29, 0.717) is 26.1 Å².